The SMILES string of the molecule is CCCCCN(C(=O)C(CS)NC(=O)OC(C)(C)C)C(C(=O)NC(Cc1ccccc1)C(=O)OC(C)(C)C)c1ccc(O)cc1. The molecule has 0 saturated carbocycles. The van der Waals surface area contributed by atoms with Gasteiger partial charge in [0.1, 0.15) is 35.1 Å². The van der Waals surface area contributed by atoms with Gasteiger partial charge in [-0.1, -0.05) is 62.2 Å². The number of hydrogen-bond donors (Lipinski definition) is 4. The first kappa shape index (κ1) is 37.5. The van der Waals surface area contributed by atoms with Gasteiger partial charge in [0, 0.05) is 18.7 Å². The summed E-state index contributed by atoms with van der Waals surface area (Å²) < 4.78 is 11.0. The minimum Gasteiger partial charge on any atom is -0.508 e. The molecule has 0 fully saturated rings. The molecule has 3 amide bonds. The minimum absolute atomic E-state index is 0.0164. The highest BCUT2D eigenvalue weighted by Gasteiger charge is 2.38. The third-order valence-electron chi connectivity index (χ3n) is 6.52. The van der Waals surface area contributed by atoms with E-state index in [1.165, 1.54) is 17.0 Å². The average molecular weight is 644 g/mol. The van der Waals surface area contributed by atoms with E-state index in [0.29, 0.717) is 12.0 Å². The molecule has 0 heterocycles. The van der Waals surface area contributed by atoms with Crippen LogP contribution in [0.3, 0.4) is 0 Å². The lowest BCUT2D eigenvalue weighted by molar-refractivity contribution is -0.159. The van der Waals surface area contributed by atoms with Gasteiger partial charge in [-0.3, -0.25) is 9.59 Å². The number of benzene rings is 2. The number of ether oxygens (including phenoxy) is 2. The van der Waals surface area contributed by atoms with E-state index in [2.05, 4.69) is 23.3 Å². The van der Waals surface area contributed by atoms with E-state index in [9.17, 15) is 24.3 Å². The van der Waals surface area contributed by atoms with Crippen molar-refractivity contribution in [2.24, 2.45) is 0 Å². The fourth-order valence-electron chi connectivity index (χ4n) is 4.53. The van der Waals surface area contributed by atoms with Gasteiger partial charge in [-0.15, -0.1) is 0 Å². The van der Waals surface area contributed by atoms with Crippen molar-refractivity contribution in [3.8, 4) is 5.75 Å². The quantitative estimate of drug-likeness (QED) is 0.124. The van der Waals surface area contributed by atoms with Crippen molar-refractivity contribution in [2.75, 3.05) is 12.3 Å². The second-order valence-electron chi connectivity index (χ2n) is 12.9. The lowest BCUT2D eigenvalue weighted by Gasteiger charge is -2.35. The highest BCUT2D eigenvalue weighted by Crippen LogP contribution is 2.26. The maximum atomic E-state index is 14.3. The van der Waals surface area contributed by atoms with Gasteiger partial charge in [0.2, 0.25) is 11.8 Å². The predicted octanol–water partition coefficient (Wildman–Crippen LogP) is 5.34. The van der Waals surface area contributed by atoms with Crippen molar-refractivity contribution in [2.45, 2.75) is 103 Å². The van der Waals surface area contributed by atoms with Crippen LogP contribution in [0.1, 0.15) is 84.9 Å². The molecule has 11 heteroatoms. The van der Waals surface area contributed by atoms with Gasteiger partial charge in [-0.25, -0.2) is 9.59 Å². The molecule has 3 unspecified atom stereocenters. The Morgan fingerprint density at radius 1 is 0.844 bits per heavy atom. The standard InChI is InChI=1S/C34H49N3O7S/c1-8-9-13-20-37(30(40)27(22-45)36-32(42)44-34(5,6)7)28(24-16-18-25(38)19-17-24)29(39)35-26(31(41)43-33(2,3)4)21-23-14-11-10-12-15-23/h10-12,14-19,26-28,38,45H,8-9,13,20-22H2,1-7H3,(H,35,39)(H,36,42). The fraction of sp³-hybridized carbons (Fsp3) is 0.529. The Morgan fingerprint density at radius 3 is 1.98 bits per heavy atom. The molecule has 45 heavy (non-hydrogen) atoms. The molecule has 0 aliphatic rings. The zero-order chi connectivity index (χ0) is 33.8. The number of phenols is 1. The highest BCUT2D eigenvalue weighted by molar-refractivity contribution is 7.80. The van der Waals surface area contributed by atoms with Crippen LogP contribution < -0.4 is 10.6 Å². The van der Waals surface area contributed by atoms with Gasteiger partial charge in [-0.05, 0) is 71.2 Å². The molecule has 2 aromatic carbocycles. The van der Waals surface area contributed by atoms with E-state index >= 15 is 0 Å². The number of phenolic OH excluding ortho intramolecular Hbond substituents is 1. The number of amides is 3. The van der Waals surface area contributed by atoms with Crippen molar-refractivity contribution < 1.29 is 33.8 Å². The first-order valence-corrected chi connectivity index (χ1v) is 15.9. The van der Waals surface area contributed by atoms with Crippen LogP contribution in [0, 0.1) is 0 Å². The second kappa shape index (κ2) is 17.1. The fourth-order valence-corrected chi connectivity index (χ4v) is 4.78. The Kier molecular flexibility index (Phi) is 14.2. The first-order valence-electron chi connectivity index (χ1n) is 15.3. The summed E-state index contributed by atoms with van der Waals surface area (Å²) in [4.78, 5) is 55.8. The van der Waals surface area contributed by atoms with Crippen LogP contribution >= 0.6 is 12.6 Å². The number of thiol groups is 1. The highest BCUT2D eigenvalue weighted by atomic mass is 32.1. The summed E-state index contributed by atoms with van der Waals surface area (Å²) in [6.45, 7) is 12.6. The van der Waals surface area contributed by atoms with Gasteiger partial charge in [0.05, 0.1) is 0 Å². The molecule has 3 N–H and O–H groups in total. The van der Waals surface area contributed by atoms with Crippen molar-refractivity contribution in [3.63, 3.8) is 0 Å². The Labute approximate surface area is 272 Å². The average Bonchev–Trinajstić information content (AvgIpc) is 2.94. The summed E-state index contributed by atoms with van der Waals surface area (Å²) in [6.07, 6.45) is 1.60. The number of alkyl carbamates (subject to hydrolysis) is 1. The van der Waals surface area contributed by atoms with Gasteiger partial charge in [-0.2, -0.15) is 12.6 Å². The van der Waals surface area contributed by atoms with Gasteiger partial charge in [0.25, 0.3) is 0 Å². The van der Waals surface area contributed by atoms with Crippen LogP contribution in [-0.2, 0) is 30.3 Å². The Hall–Kier alpha value is -3.73. The summed E-state index contributed by atoms with van der Waals surface area (Å²) in [5, 5.41) is 15.4. The van der Waals surface area contributed by atoms with E-state index in [1.54, 1.807) is 53.7 Å². The second-order valence-corrected chi connectivity index (χ2v) is 13.3. The van der Waals surface area contributed by atoms with Crippen LogP contribution in [0.15, 0.2) is 54.6 Å². The molecule has 0 aliphatic heterocycles. The predicted molar refractivity (Wildman–Crippen MR) is 177 cm³/mol. The molecule has 2 aromatic rings. The van der Waals surface area contributed by atoms with Crippen LogP contribution in [0.4, 0.5) is 4.79 Å². The van der Waals surface area contributed by atoms with Gasteiger partial charge in [0.15, 0.2) is 0 Å². The Bertz CT molecular complexity index is 1260. The molecule has 3 atom stereocenters. The van der Waals surface area contributed by atoms with Crippen LogP contribution in [-0.4, -0.2) is 69.5 Å². The number of hydrogen-bond acceptors (Lipinski definition) is 8. The molecule has 2 rings (SSSR count). The molecule has 0 aromatic heterocycles. The first-order chi connectivity index (χ1) is 21.0. The summed E-state index contributed by atoms with van der Waals surface area (Å²) >= 11 is 4.33. The Morgan fingerprint density at radius 2 is 1.44 bits per heavy atom. The third kappa shape index (κ3) is 13.0. The zero-order valence-electron chi connectivity index (χ0n) is 27.5. The van der Waals surface area contributed by atoms with Crippen LogP contribution in [0.2, 0.25) is 0 Å². The van der Waals surface area contributed by atoms with E-state index < -0.39 is 53.2 Å². The van der Waals surface area contributed by atoms with E-state index in [-0.39, 0.29) is 24.5 Å². The summed E-state index contributed by atoms with van der Waals surface area (Å²) in [5.74, 6) is -1.85. The summed E-state index contributed by atoms with van der Waals surface area (Å²) in [6, 6.07) is 11.8. The van der Waals surface area contributed by atoms with Crippen molar-refractivity contribution >= 4 is 36.5 Å². The molecule has 0 spiro atoms. The Balaban J connectivity index is 2.55. The summed E-state index contributed by atoms with van der Waals surface area (Å²) in [5.41, 5.74) is -0.378. The van der Waals surface area contributed by atoms with E-state index in [4.69, 9.17) is 9.47 Å². The molecule has 248 valence electrons. The number of carbonyl (C=O) groups is 4. The lowest BCUT2D eigenvalue weighted by atomic mass is 10.00. The monoisotopic (exact) mass is 643 g/mol. The maximum absolute atomic E-state index is 14.3. The molecular weight excluding hydrogens is 594 g/mol. The molecule has 0 aliphatic carbocycles. The topological polar surface area (TPSA) is 134 Å². The number of esters is 1. The normalized spacial score (nSPS) is 13.6. The zero-order valence-corrected chi connectivity index (χ0v) is 28.4. The molecule has 0 saturated heterocycles. The van der Waals surface area contributed by atoms with Crippen molar-refractivity contribution in [3.05, 3.63) is 65.7 Å². The third-order valence-corrected chi connectivity index (χ3v) is 6.88. The number of unbranched alkanes of at least 4 members (excludes halogenated alkanes) is 2. The lowest BCUT2D eigenvalue weighted by Crippen LogP contribution is -2.55. The number of nitrogens with zero attached hydrogens (tertiary/aromatic N) is 1. The van der Waals surface area contributed by atoms with Gasteiger partial charge >= 0.3 is 12.1 Å². The van der Waals surface area contributed by atoms with Crippen molar-refractivity contribution in [1.82, 2.24) is 15.5 Å². The smallest absolute Gasteiger partial charge is 0.408 e. The molecule has 10 nitrogen and oxygen atoms in total. The largest absolute Gasteiger partial charge is 0.508 e. The number of aromatic hydroxyl groups is 1. The molecule has 0 bridgehead atoms. The van der Waals surface area contributed by atoms with Crippen LogP contribution in [0.25, 0.3) is 0 Å². The van der Waals surface area contributed by atoms with Crippen LogP contribution in [0.5, 0.6) is 5.75 Å². The molecule has 0 radical (unpaired) electrons. The minimum atomic E-state index is -1.21. The van der Waals surface area contributed by atoms with Gasteiger partial charge < -0.3 is 30.1 Å². The van der Waals surface area contributed by atoms with Crippen molar-refractivity contribution in [1.29, 1.82) is 0 Å². The van der Waals surface area contributed by atoms with E-state index in [0.717, 1.165) is 18.4 Å². The maximum Gasteiger partial charge on any atom is 0.408 e. The number of rotatable bonds is 14. The number of carbonyl (C=O) groups excluding carboxylic acids is 4. The molecular formula is C34H49N3O7S. The number of nitrogens with one attached hydrogen (secondary N) is 2. The summed E-state index contributed by atoms with van der Waals surface area (Å²) in [7, 11) is 0. The van der Waals surface area contributed by atoms with E-state index in [1.807, 2.05) is 37.3 Å².